The van der Waals surface area contributed by atoms with E-state index in [1.165, 1.54) is 48.3 Å². The van der Waals surface area contributed by atoms with Crippen molar-refractivity contribution < 1.29 is 19.1 Å². The van der Waals surface area contributed by atoms with Gasteiger partial charge in [0, 0.05) is 12.2 Å². The van der Waals surface area contributed by atoms with Crippen LogP contribution in [-0.4, -0.2) is 26.2 Å². The maximum atomic E-state index is 11.5. The number of hydrogen-bond donors (Lipinski definition) is 0. The lowest BCUT2D eigenvalue weighted by molar-refractivity contribution is -0.135. The largest absolute Gasteiger partial charge is 0.466 e. The fraction of sp³-hybridized carbons (Fsp3) is 0.212. The monoisotopic (exact) mass is 492 g/mol. The number of methoxy groups -OCH3 is 2. The van der Waals surface area contributed by atoms with Gasteiger partial charge in [0.15, 0.2) is 0 Å². The smallest absolute Gasteiger partial charge is 0.330 e. The minimum absolute atomic E-state index is 0.353. The summed E-state index contributed by atoms with van der Waals surface area (Å²) in [5.41, 5.74) is 4.69. The van der Waals surface area contributed by atoms with Crippen LogP contribution in [0.3, 0.4) is 0 Å². The van der Waals surface area contributed by atoms with Crippen molar-refractivity contribution >= 4 is 45.6 Å². The van der Waals surface area contributed by atoms with E-state index in [1.54, 1.807) is 0 Å². The minimum Gasteiger partial charge on any atom is -0.466 e. The molecule has 0 aromatic heterocycles. The molecule has 0 atom stereocenters. The van der Waals surface area contributed by atoms with Gasteiger partial charge in [-0.2, -0.15) is 0 Å². The average molecular weight is 493 g/mol. The van der Waals surface area contributed by atoms with E-state index >= 15 is 0 Å². The van der Waals surface area contributed by atoms with Crippen LogP contribution in [0, 0.1) is 0 Å². The van der Waals surface area contributed by atoms with E-state index in [-0.39, 0.29) is 11.9 Å². The fourth-order valence-corrected chi connectivity index (χ4v) is 4.76. The second-order valence-electron chi connectivity index (χ2n) is 8.99. The molecule has 0 aliphatic heterocycles. The predicted molar refractivity (Wildman–Crippen MR) is 151 cm³/mol. The summed E-state index contributed by atoms with van der Waals surface area (Å²) >= 11 is 0. The van der Waals surface area contributed by atoms with Gasteiger partial charge in [-0.1, -0.05) is 79.2 Å². The van der Waals surface area contributed by atoms with Crippen molar-refractivity contribution in [3.05, 3.63) is 107 Å². The van der Waals surface area contributed by atoms with Crippen molar-refractivity contribution in [2.45, 2.75) is 32.1 Å². The summed E-state index contributed by atoms with van der Waals surface area (Å²) in [6.45, 7) is 0. The van der Waals surface area contributed by atoms with E-state index in [2.05, 4.69) is 60.7 Å². The number of fused-ring (bicyclic) bond motifs is 2. The van der Waals surface area contributed by atoms with Crippen LogP contribution < -0.4 is 0 Å². The zero-order valence-electron chi connectivity index (χ0n) is 21.4. The average Bonchev–Trinajstić information content (AvgIpc) is 2.95. The summed E-state index contributed by atoms with van der Waals surface area (Å²) in [7, 11) is 2.77. The molecule has 0 saturated heterocycles. The molecule has 4 nitrogen and oxygen atoms in total. The highest BCUT2D eigenvalue weighted by atomic mass is 16.5. The summed E-state index contributed by atoms with van der Waals surface area (Å²) < 4.78 is 9.45. The van der Waals surface area contributed by atoms with Crippen LogP contribution in [0.4, 0.5) is 0 Å². The van der Waals surface area contributed by atoms with E-state index in [4.69, 9.17) is 9.47 Å². The first-order valence-corrected chi connectivity index (χ1v) is 12.6. The molecule has 4 aromatic carbocycles. The Morgan fingerprint density at radius 3 is 1.38 bits per heavy atom. The number of rotatable bonds is 10. The maximum Gasteiger partial charge on any atom is 0.330 e. The van der Waals surface area contributed by atoms with Crippen LogP contribution in [0.5, 0.6) is 0 Å². The second-order valence-corrected chi connectivity index (χ2v) is 8.99. The molecule has 4 rings (SSSR count). The molecule has 0 aliphatic rings. The van der Waals surface area contributed by atoms with Gasteiger partial charge in [-0.05, 0) is 81.6 Å². The molecule has 37 heavy (non-hydrogen) atoms. The zero-order chi connectivity index (χ0) is 26.0. The van der Waals surface area contributed by atoms with Crippen molar-refractivity contribution in [2.24, 2.45) is 0 Å². The Bertz CT molecular complexity index is 1350. The molecule has 0 bridgehead atoms. The second kappa shape index (κ2) is 12.7. The molecule has 4 heteroatoms. The highest BCUT2D eigenvalue weighted by Gasteiger charge is 2.07. The summed E-state index contributed by atoms with van der Waals surface area (Å²) in [5.74, 6) is -0.707. The normalized spacial score (nSPS) is 11.5. The van der Waals surface area contributed by atoms with Crippen LogP contribution in [-0.2, 0) is 31.9 Å². The third kappa shape index (κ3) is 6.53. The number of carbonyl (C=O) groups excluding carboxylic acids is 2. The molecule has 188 valence electrons. The van der Waals surface area contributed by atoms with Gasteiger partial charge in [-0.15, -0.1) is 0 Å². The topological polar surface area (TPSA) is 52.6 Å². The van der Waals surface area contributed by atoms with Crippen molar-refractivity contribution in [1.82, 2.24) is 0 Å². The first kappa shape index (κ1) is 25.9. The number of esters is 2. The molecule has 0 fully saturated rings. The standard InChI is InChI=1S/C33H32O4/c1-36-32(34)22-20-26-18-16-24(28-12-6-8-14-30(26)28)10-4-3-5-11-25-17-19-27(21-23-33(35)37-2)31-15-9-7-13-29(25)31/h6-9,12-23H,3-5,10-11H2,1-2H3/b22-20+,23-21+. The van der Waals surface area contributed by atoms with E-state index in [0.29, 0.717) is 0 Å². The van der Waals surface area contributed by atoms with E-state index in [1.807, 2.05) is 24.3 Å². The van der Waals surface area contributed by atoms with Crippen LogP contribution >= 0.6 is 0 Å². The fourth-order valence-electron chi connectivity index (χ4n) is 4.76. The van der Waals surface area contributed by atoms with Crippen LogP contribution in [0.25, 0.3) is 33.7 Å². The van der Waals surface area contributed by atoms with Crippen LogP contribution in [0.1, 0.15) is 41.5 Å². The molecule has 0 radical (unpaired) electrons. The Morgan fingerprint density at radius 2 is 0.973 bits per heavy atom. The summed E-state index contributed by atoms with van der Waals surface area (Å²) in [6, 6.07) is 25.2. The lowest BCUT2D eigenvalue weighted by Gasteiger charge is -2.11. The van der Waals surface area contributed by atoms with Crippen molar-refractivity contribution in [3.8, 4) is 0 Å². The Balaban J connectivity index is 1.40. The SMILES string of the molecule is COC(=O)/C=C/c1ccc(CCCCCc2ccc(/C=C/C(=O)OC)c3ccccc23)c2ccccc12. The number of hydrogen-bond acceptors (Lipinski definition) is 4. The van der Waals surface area contributed by atoms with Gasteiger partial charge in [0.05, 0.1) is 14.2 Å². The first-order chi connectivity index (χ1) is 18.1. The van der Waals surface area contributed by atoms with Gasteiger partial charge in [0.25, 0.3) is 0 Å². The third-order valence-electron chi connectivity index (χ3n) is 6.69. The lowest BCUT2D eigenvalue weighted by atomic mass is 9.94. The molecule has 0 saturated carbocycles. The summed E-state index contributed by atoms with van der Waals surface area (Å²) in [6.07, 6.45) is 12.0. The first-order valence-electron chi connectivity index (χ1n) is 12.6. The van der Waals surface area contributed by atoms with Gasteiger partial charge in [0.1, 0.15) is 0 Å². The quantitative estimate of drug-likeness (QED) is 0.132. The highest BCUT2D eigenvalue weighted by Crippen LogP contribution is 2.27. The number of benzene rings is 4. The predicted octanol–water partition coefficient (Wildman–Crippen LogP) is 7.32. The number of ether oxygens (including phenoxy) is 2. The van der Waals surface area contributed by atoms with E-state index in [0.717, 1.165) is 54.0 Å². The zero-order valence-corrected chi connectivity index (χ0v) is 21.4. The van der Waals surface area contributed by atoms with Gasteiger partial charge < -0.3 is 9.47 Å². The van der Waals surface area contributed by atoms with Crippen molar-refractivity contribution in [3.63, 3.8) is 0 Å². The minimum atomic E-state index is -0.353. The summed E-state index contributed by atoms with van der Waals surface area (Å²) in [5, 5.41) is 4.76. The Hall–Kier alpha value is -4.18. The van der Waals surface area contributed by atoms with Crippen LogP contribution in [0.2, 0.25) is 0 Å². The van der Waals surface area contributed by atoms with Crippen LogP contribution in [0.15, 0.2) is 84.9 Å². The summed E-state index contributed by atoms with van der Waals surface area (Å²) in [4.78, 5) is 23.0. The molecule has 0 unspecified atom stereocenters. The van der Waals surface area contributed by atoms with Crippen molar-refractivity contribution in [2.75, 3.05) is 14.2 Å². The maximum absolute atomic E-state index is 11.5. The van der Waals surface area contributed by atoms with Gasteiger partial charge in [-0.25, -0.2) is 9.59 Å². The number of unbranched alkanes of at least 4 members (excludes halogenated alkanes) is 2. The lowest BCUT2D eigenvalue weighted by Crippen LogP contribution is -1.95. The van der Waals surface area contributed by atoms with Gasteiger partial charge in [-0.3, -0.25) is 0 Å². The molecular weight excluding hydrogens is 460 g/mol. The Morgan fingerprint density at radius 1 is 0.568 bits per heavy atom. The molecule has 0 aliphatic carbocycles. The Kier molecular flexibility index (Phi) is 8.88. The van der Waals surface area contributed by atoms with E-state index in [9.17, 15) is 9.59 Å². The molecule has 0 heterocycles. The van der Waals surface area contributed by atoms with Gasteiger partial charge in [0.2, 0.25) is 0 Å². The molecule has 4 aromatic rings. The molecular formula is C33H32O4. The van der Waals surface area contributed by atoms with Gasteiger partial charge >= 0.3 is 11.9 Å². The van der Waals surface area contributed by atoms with E-state index < -0.39 is 0 Å². The molecule has 0 N–H and O–H groups in total. The van der Waals surface area contributed by atoms with Crippen molar-refractivity contribution in [1.29, 1.82) is 0 Å². The molecule has 0 amide bonds. The highest BCUT2D eigenvalue weighted by molar-refractivity contribution is 5.97. The number of carbonyl (C=O) groups is 2. The Labute approximate surface area is 218 Å². The third-order valence-corrected chi connectivity index (χ3v) is 6.69. The molecule has 0 spiro atoms. The number of aryl methyl sites for hydroxylation is 2.